The molecule has 0 atom stereocenters. The largest absolute Gasteiger partial charge is 0.487 e. The van der Waals surface area contributed by atoms with Crippen LogP contribution in [0.2, 0.25) is 5.02 Å². The molecule has 0 saturated carbocycles. The van der Waals surface area contributed by atoms with Crippen LogP contribution in [-0.2, 0) is 13.2 Å². The van der Waals surface area contributed by atoms with Crippen LogP contribution in [0.25, 0.3) is 0 Å². The fourth-order valence-corrected chi connectivity index (χ4v) is 3.16. The van der Waals surface area contributed by atoms with Crippen molar-refractivity contribution in [3.8, 4) is 5.75 Å². The van der Waals surface area contributed by atoms with E-state index in [1.54, 1.807) is 0 Å². The maximum Gasteiger partial charge on any atom is 0.138 e. The van der Waals surface area contributed by atoms with Gasteiger partial charge in [-0.2, -0.15) is 0 Å². The van der Waals surface area contributed by atoms with Gasteiger partial charge < -0.3 is 10.1 Å². The van der Waals surface area contributed by atoms with Gasteiger partial charge in [-0.3, -0.25) is 0 Å². The van der Waals surface area contributed by atoms with Crippen molar-refractivity contribution in [1.82, 2.24) is 0 Å². The zero-order valence-electron chi connectivity index (χ0n) is 14.9. The average Bonchev–Trinajstić information content (AvgIpc) is 2.63. The lowest BCUT2D eigenvalue weighted by Crippen LogP contribution is -2.02. The molecule has 0 aromatic heterocycles. The van der Waals surface area contributed by atoms with Gasteiger partial charge in [-0.15, -0.1) is 0 Å². The second kappa shape index (κ2) is 8.61. The van der Waals surface area contributed by atoms with Crippen molar-refractivity contribution < 1.29 is 4.74 Å². The Labute approximate surface area is 168 Å². The summed E-state index contributed by atoms with van der Waals surface area (Å²) in [5.74, 6) is 0.699. The molecule has 0 saturated heterocycles. The lowest BCUT2D eigenvalue weighted by molar-refractivity contribution is 0.306. The molecule has 0 fully saturated rings. The Balaban J connectivity index is 1.61. The van der Waals surface area contributed by atoms with E-state index in [1.807, 2.05) is 42.5 Å². The minimum atomic E-state index is 0.493. The molecular formula is C22H21BrClNO. The van der Waals surface area contributed by atoms with E-state index in [1.165, 1.54) is 11.1 Å². The van der Waals surface area contributed by atoms with E-state index in [0.717, 1.165) is 27.8 Å². The Morgan fingerprint density at radius 1 is 0.923 bits per heavy atom. The molecule has 0 aliphatic rings. The summed E-state index contributed by atoms with van der Waals surface area (Å²) in [7, 11) is 0. The van der Waals surface area contributed by atoms with Gasteiger partial charge in [0.1, 0.15) is 12.4 Å². The molecule has 0 heterocycles. The van der Waals surface area contributed by atoms with Crippen LogP contribution in [0, 0.1) is 13.8 Å². The number of anilines is 1. The third-order valence-electron chi connectivity index (χ3n) is 4.18. The number of aryl methyl sites for hydroxylation is 2. The highest BCUT2D eigenvalue weighted by Crippen LogP contribution is 2.27. The Bertz CT molecular complexity index is 893. The van der Waals surface area contributed by atoms with E-state index in [4.69, 9.17) is 16.3 Å². The normalized spacial score (nSPS) is 10.6. The number of nitrogens with one attached hydrogen (secondary N) is 1. The van der Waals surface area contributed by atoms with Crippen molar-refractivity contribution in [2.45, 2.75) is 27.0 Å². The van der Waals surface area contributed by atoms with Gasteiger partial charge >= 0.3 is 0 Å². The monoisotopic (exact) mass is 429 g/mol. The molecular weight excluding hydrogens is 410 g/mol. The van der Waals surface area contributed by atoms with Gasteiger partial charge in [0.25, 0.3) is 0 Å². The molecule has 3 aromatic rings. The predicted octanol–water partition coefficient (Wildman–Crippen LogP) is 6.91. The molecule has 134 valence electrons. The van der Waals surface area contributed by atoms with Crippen LogP contribution in [0.1, 0.15) is 22.3 Å². The van der Waals surface area contributed by atoms with Crippen molar-refractivity contribution in [3.63, 3.8) is 0 Å². The van der Waals surface area contributed by atoms with Gasteiger partial charge in [-0.1, -0.05) is 57.9 Å². The number of benzene rings is 3. The lowest BCUT2D eigenvalue weighted by Gasteiger charge is -2.13. The summed E-state index contributed by atoms with van der Waals surface area (Å²) in [6.45, 7) is 5.41. The van der Waals surface area contributed by atoms with E-state index in [-0.39, 0.29) is 0 Å². The second-order valence-electron chi connectivity index (χ2n) is 6.35. The maximum atomic E-state index is 6.40. The van der Waals surface area contributed by atoms with Crippen molar-refractivity contribution >= 4 is 33.2 Å². The zero-order valence-corrected chi connectivity index (χ0v) is 17.2. The minimum Gasteiger partial charge on any atom is -0.487 e. The lowest BCUT2D eigenvalue weighted by atomic mass is 10.1. The van der Waals surface area contributed by atoms with E-state index in [0.29, 0.717) is 17.4 Å². The summed E-state index contributed by atoms with van der Waals surface area (Å²) in [4.78, 5) is 0. The Kier molecular flexibility index (Phi) is 6.23. The summed E-state index contributed by atoms with van der Waals surface area (Å²) < 4.78 is 6.90. The number of rotatable bonds is 6. The van der Waals surface area contributed by atoms with Crippen LogP contribution in [-0.4, -0.2) is 0 Å². The van der Waals surface area contributed by atoms with Gasteiger partial charge in [-0.05, 0) is 66.4 Å². The molecule has 0 radical (unpaired) electrons. The standard InChI is InChI=1S/C22H21BrClNO/c1-15-3-4-16(2)21(11-15)25-13-18-7-10-22(20(24)12-18)26-14-17-5-8-19(23)9-6-17/h3-12,25H,13-14H2,1-2H3. The SMILES string of the molecule is Cc1ccc(C)c(NCc2ccc(OCc3ccc(Br)cc3)c(Cl)c2)c1. The number of hydrogen-bond acceptors (Lipinski definition) is 2. The highest BCUT2D eigenvalue weighted by molar-refractivity contribution is 9.10. The number of ether oxygens (including phenoxy) is 1. The first kappa shape index (κ1) is 18.8. The van der Waals surface area contributed by atoms with Crippen molar-refractivity contribution in [1.29, 1.82) is 0 Å². The molecule has 3 rings (SSSR count). The number of halogens is 2. The summed E-state index contributed by atoms with van der Waals surface area (Å²) in [5, 5.41) is 4.10. The van der Waals surface area contributed by atoms with Crippen LogP contribution >= 0.6 is 27.5 Å². The summed E-state index contributed by atoms with van der Waals surface area (Å²) in [5.41, 5.74) is 5.84. The molecule has 1 N–H and O–H groups in total. The van der Waals surface area contributed by atoms with E-state index in [9.17, 15) is 0 Å². The highest BCUT2D eigenvalue weighted by Gasteiger charge is 2.05. The topological polar surface area (TPSA) is 21.3 Å². The minimum absolute atomic E-state index is 0.493. The molecule has 3 aromatic carbocycles. The van der Waals surface area contributed by atoms with Gasteiger partial charge in [0.05, 0.1) is 5.02 Å². The Morgan fingerprint density at radius 2 is 1.65 bits per heavy atom. The molecule has 0 spiro atoms. The molecule has 0 aliphatic heterocycles. The van der Waals surface area contributed by atoms with Gasteiger partial charge in [-0.25, -0.2) is 0 Å². The third kappa shape index (κ3) is 5.03. The Hall–Kier alpha value is -1.97. The summed E-state index contributed by atoms with van der Waals surface area (Å²) in [6, 6.07) is 20.4. The van der Waals surface area contributed by atoms with Crippen molar-refractivity contribution in [3.05, 3.63) is 92.4 Å². The molecule has 26 heavy (non-hydrogen) atoms. The van der Waals surface area contributed by atoms with Crippen LogP contribution in [0.3, 0.4) is 0 Å². The van der Waals surface area contributed by atoms with Gasteiger partial charge in [0, 0.05) is 16.7 Å². The predicted molar refractivity (Wildman–Crippen MR) is 113 cm³/mol. The quantitative estimate of drug-likeness (QED) is 0.458. The first-order valence-corrected chi connectivity index (χ1v) is 9.65. The first-order chi connectivity index (χ1) is 12.5. The number of hydrogen-bond donors (Lipinski definition) is 1. The molecule has 0 bridgehead atoms. The van der Waals surface area contributed by atoms with E-state index >= 15 is 0 Å². The van der Waals surface area contributed by atoms with Gasteiger partial charge in [0.15, 0.2) is 0 Å². The smallest absolute Gasteiger partial charge is 0.138 e. The molecule has 0 aliphatic carbocycles. The third-order valence-corrected chi connectivity index (χ3v) is 5.00. The molecule has 0 unspecified atom stereocenters. The fourth-order valence-electron chi connectivity index (χ4n) is 2.64. The summed E-state index contributed by atoms with van der Waals surface area (Å²) in [6.07, 6.45) is 0. The second-order valence-corrected chi connectivity index (χ2v) is 7.67. The molecule has 2 nitrogen and oxygen atoms in total. The van der Waals surface area contributed by atoms with Crippen LogP contribution in [0.4, 0.5) is 5.69 Å². The Morgan fingerprint density at radius 3 is 2.38 bits per heavy atom. The molecule has 4 heteroatoms. The van der Waals surface area contributed by atoms with E-state index in [2.05, 4.69) is 53.3 Å². The highest BCUT2D eigenvalue weighted by atomic mass is 79.9. The van der Waals surface area contributed by atoms with Crippen LogP contribution in [0.5, 0.6) is 5.75 Å². The molecule has 0 amide bonds. The average molecular weight is 431 g/mol. The summed E-state index contributed by atoms with van der Waals surface area (Å²) >= 11 is 9.83. The van der Waals surface area contributed by atoms with Crippen molar-refractivity contribution in [2.24, 2.45) is 0 Å². The fraction of sp³-hybridized carbons (Fsp3) is 0.182. The first-order valence-electron chi connectivity index (χ1n) is 8.48. The van der Waals surface area contributed by atoms with Crippen molar-refractivity contribution in [2.75, 3.05) is 5.32 Å². The van der Waals surface area contributed by atoms with Crippen LogP contribution < -0.4 is 10.1 Å². The maximum absolute atomic E-state index is 6.40. The van der Waals surface area contributed by atoms with E-state index < -0.39 is 0 Å². The van der Waals surface area contributed by atoms with Crippen LogP contribution in [0.15, 0.2) is 65.1 Å². The van der Waals surface area contributed by atoms with Gasteiger partial charge in [0.2, 0.25) is 0 Å². The zero-order chi connectivity index (χ0) is 18.5.